The molecule has 0 heterocycles. The standard InChI is InChI=1S/C14H19NO4/c1-10(7-13(16)17)8-15-14(18)12-5-3-11(4-6-12)9-19-2/h3-6,10H,7-9H2,1-2H3,(H,15,18)(H,16,17). The topological polar surface area (TPSA) is 75.6 Å². The van der Waals surface area contributed by atoms with Gasteiger partial charge in [-0.25, -0.2) is 0 Å². The molecule has 1 aromatic carbocycles. The number of hydrogen-bond acceptors (Lipinski definition) is 3. The fraction of sp³-hybridized carbons (Fsp3) is 0.429. The van der Waals surface area contributed by atoms with E-state index in [1.807, 2.05) is 12.1 Å². The van der Waals surface area contributed by atoms with Crippen LogP contribution >= 0.6 is 0 Å². The highest BCUT2D eigenvalue weighted by molar-refractivity contribution is 5.94. The summed E-state index contributed by atoms with van der Waals surface area (Å²) in [5.41, 5.74) is 1.56. The maximum Gasteiger partial charge on any atom is 0.303 e. The molecule has 1 rings (SSSR count). The second-order valence-electron chi connectivity index (χ2n) is 4.54. The molecular formula is C14H19NO4. The van der Waals surface area contributed by atoms with Crippen molar-refractivity contribution in [3.05, 3.63) is 35.4 Å². The molecule has 0 spiro atoms. The van der Waals surface area contributed by atoms with Crippen molar-refractivity contribution in [3.63, 3.8) is 0 Å². The van der Waals surface area contributed by atoms with Crippen LogP contribution in [0.4, 0.5) is 0 Å². The van der Waals surface area contributed by atoms with Crippen LogP contribution in [0.1, 0.15) is 29.3 Å². The van der Waals surface area contributed by atoms with Gasteiger partial charge in [0.05, 0.1) is 6.61 Å². The smallest absolute Gasteiger partial charge is 0.303 e. The number of rotatable bonds is 7. The van der Waals surface area contributed by atoms with Crippen molar-refractivity contribution in [1.82, 2.24) is 5.32 Å². The second-order valence-corrected chi connectivity index (χ2v) is 4.54. The van der Waals surface area contributed by atoms with E-state index in [0.29, 0.717) is 18.7 Å². The van der Waals surface area contributed by atoms with Gasteiger partial charge in [-0.2, -0.15) is 0 Å². The van der Waals surface area contributed by atoms with Crippen LogP contribution in [0.15, 0.2) is 24.3 Å². The van der Waals surface area contributed by atoms with Crippen molar-refractivity contribution in [1.29, 1.82) is 0 Å². The van der Waals surface area contributed by atoms with E-state index in [4.69, 9.17) is 9.84 Å². The molecule has 0 aliphatic rings. The van der Waals surface area contributed by atoms with Crippen molar-refractivity contribution in [3.8, 4) is 0 Å². The maximum absolute atomic E-state index is 11.8. The van der Waals surface area contributed by atoms with Gasteiger partial charge in [0.15, 0.2) is 0 Å². The van der Waals surface area contributed by atoms with Crippen LogP contribution in [0.5, 0.6) is 0 Å². The van der Waals surface area contributed by atoms with Crippen LogP contribution in [-0.4, -0.2) is 30.6 Å². The molecule has 5 nitrogen and oxygen atoms in total. The highest BCUT2D eigenvalue weighted by atomic mass is 16.5. The monoisotopic (exact) mass is 265 g/mol. The number of carbonyl (C=O) groups is 2. The Morgan fingerprint density at radius 1 is 1.32 bits per heavy atom. The summed E-state index contributed by atoms with van der Waals surface area (Å²) in [6.45, 7) is 2.65. The zero-order valence-electron chi connectivity index (χ0n) is 11.2. The molecule has 0 fully saturated rings. The third-order valence-corrected chi connectivity index (χ3v) is 2.66. The Bertz CT molecular complexity index is 428. The van der Waals surface area contributed by atoms with Gasteiger partial charge in [0, 0.05) is 25.6 Å². The molecule has 1 atom stereocenters. The first kappa shape index (κ1) is 15.2. The van der Waals surface area contributed by atoms with Gasteiger partial charge in [-0.3, -0.25) is 9.59 Å². The number of amides is 1. The SMILES string of the molecule is COCc1ccc(C(=O)NCC(C)CC(=O)O)cc1. The number of methoxy groups -OCH3 is 1. The largest absolute Gasteiger partial charge is 0.481 e. The van der Waals surface area contributed by atoms with E-state index >= 15 is 0 Å². The molecule has 0 aliphatic heterocycles. The summed E-state index contributed by atoms with van der Waals surface area (Å²) >= 11 is 0. The first-order chi connectivity index (χ1) is 9.02. The number of ether oxygens (including phenoxy) is 1. The molecule has 0 aromatic heterocycles. The van der Waals surface area contributed by atoms with Crippen molar-refractivity contribution in [2.24, 2.45) is 5.92 Å². The van der Waals surface area contributed by atoms with Crippen molar-refractivity contribution >= 4 is 11.9 Å². The molecule has 0 saturated carbocycles. The number of carboxylic acid groups (broad SMARTS) is 1. The average Bonchev–Trinajstić information content (AvgIpc) is 2.36. The van der Waals surface area contributed by atoms with Gasteiger partial charge < -0.3 is 15.2 Å². The summed E-state index contributed by atoms with van der Waals surface area (Å²) in [5.74, 6) is -1.14. The summed E-state index contributed by atoms with van der Waals surface area (Å²) < 4.78 is 4.99. The van der Waals surface area contributed by atoms with E-state index in [9.17, 15) is 9.59 Å². The highest BCUT2D eigenvalue weighted by Gasteiger charge is 2.10. The quantitative estimate of drug-likeness (QED) is 0.786. The Morgan fingerprint density at radius 3 is 2.47 bits per heavy atom. The summed E-state index contributed by atoms with van der Waals surface area (Å²) in [7, 11) is 1.62. The fourth-order valence-corrected chi connectivity index (χ4v) is 1.66. The van der Waals surface area contributed by atoms with E-state index in [1.165, 1.54) is 0 Å². The second kappa shape index (κ2) is 7.53. The van der Waals surface area contributed by atoms with Crippen LogP contribution in [0.25, 0.3) is 0 Å². The van der Waals surface area contributed by atoms with E-state index in [0.717, 1.165) is 5.56 Å². The highest BCUT2D eigenvalue weighted by Crippen LogP contribution is 2.06. The van der Waals surface area contributed by atoms with Crippen LogP contribution < -0.4 is 5.32 Å². The van der Waals surface area contributed by atoms with Crippen LogP contribution in [0, 0.1) is 5.92 Å². The lowest BCUT2D eigenvalue weighted by Gasteiger charge is -2.10. The van der Waals surface area contributed by atoms with Gasteiger partial charge in [-0.1, -0.05) is 19.1 Å². The predicted molar refractivity (Wildman–Crippen MR) is 70.9 cm³/mol. The molecule has 0 aliphatic carbocycles. The molecule has 1 aromatic rings. The Kier molecular flexibility index (Phi) is 6.02. The summed E-state index contributed by atoms with van der Waals surface area (Å²) in [6.07, 6.45) is 0.0487. The zero-order chi connectivity index (χ0) is 14.3. The molecule has 5 heteroatoms. The molecule has 1 amide bonds. The molecule has 2 N–H and O–H groups in total. The Hall–Kier alpha value is -1.88. The molecular weight excluding hydrogens is 246 g/mol. The molecule has 0 saturated heterocycles. The normalized spacial score (nSPS) is 11.9. The number of benzene rings is 1. The number of carbonyl (C=O) groups excluding carboxylic acids is 1. The minimum absolute atomic E-state index is 0.0487. The van der Waals surface area contributed by atoms with Gasteiger partial charge in [0.2, 0.25) is 0 Å². The number of aliphatic carboxylic acids is 1. The third-order valence-electron chi connectivity index (χ3n) is 2.66. The summed E-state index contributed by atoms with van der Waals surface area (Å²) in [4.78, 5) is 22.3. The maximum atomic E-state index is 11.8. The Labute approximate surface area is 112 Å². The number of nitrogens with one attached hydrogen (secondary N) is 1. The lowest BCUT2D eigenvalue weighted by Crippen LogP contribution is -2.29. The Balaban J connectivity index is 2.47. The van der Waals surface area contributed by atoms with Gasteiger partial charge >= 0.3 is 5.97 Å². The molecule has 104 valence electrons. The van der Waals surface area contributed by atoms with Crippen molar-refractivity contribution in [2.75, 3.05) is 13.7 Å². The van der Waals surface area contributed by atoms with Crippen molar-refractivity contribution < 1.29 is 19.4 Å². The van der Waals surface area contributed by atoms with E-state index in [-0.39, 0.29) is 18.2 Å². The molecule has 1 unspecified atom stereocenters. The van der Waals surface area contributed by atoms with Gasteiger partial charge in [0.25, 0.3) is 5.91 Å². The lowest BCUT2D eigenvalue weighted by molar-refractivity contribution is -0.137. The van der Waals surface area contributed by atoms with E-state index in [2.05, 4.69) is 5.32 Å². The molecule has 19 heavy (non-hydrogen) atoms. The van der Waals surface area contributed by atoms with Gasteiger partial charge in [0.1, 0.15) is 0 Å². The predicted octanol–water partition coefficient (Wildman–Crippen LogP) is 1.67. The van der Waals surface area contributed by atoms with E-state index in [1.54, 1.807) is 26.2 Å². The summed E-state index contributed by atoms with van der Waals surface area (Å²) in [5, 5.41) is 11.3. The fourth-order valence-electron chi connectivity index (χ4n) is 1.66. The zero-order valence-corrected chi connectivity index (χ0v) is 11.2. The van der Waals surface area contributed by atoms with Crippen molar-refractivity contribution in [2.45, 2.75) is 20.0 Å². The first-order valence-electron chi connectivity index (χ1n) is 6.10. The number of hydrogen-bond donors (Lipinski definition) is 2. The first-order valence-corrected chi connectivity index (χ1v) is 6.10. The lowest BCUT2D eigenvalue weighted by atomic mass is 10.1. The third kappa shape index (κ3) is 5.52. The van der Waals surface area contributed by atoms with Gasteiger partial charge in [-0.05, 0) is 23.6 Å². The molecule has 0 radical (unpaired) electrons. The molecule has 0 bridgehead atoms. The van der Waals surface area contributed by atoms with Crippen LogP contribution in [-0.2, 0) is 16.1 Å². The number of carboxylic acids is 1. The minimum atomic E-state index is -0.856. The summed E-state index contributed by atoms with van der Waals surface area (Å²) in [6, 6.07) is 7.12. The Morgan fingerprint density at radius 2 is 1.95 bits per heavy atom. The van der Waals surface area contributed by atoms with E-state index < -0.39 is 5.97 Å². The van der Waals surface area contributed by atoms with Crippen LogP contribution in [0.3, 0.4) is 0 Å². The van der Waals surface area contributed by atoms with Crippen LogP contribution in [0.2, 0.25) is 0 Å². The average molecular weight is 265 g/mol. The van der Waals surface area contributed by atoms with Gasteiger partial charge in [-0.15, -0.1) is 0 Å². The minimum Gasteiger partial charge on any atom is -0.481 e.